The predicted octanol–water partition coefficient (Wildman–Crippen LogP) is 4.14. The SMILES string of the molecule is CCCCn1c(=O)c2ccccc2n2c(SCC(=O)Nc3ccc(C(=O)OCCC)cc3)nnc12. The monoisotopic (exact) mass is 493 g/mol. The van der Waals surface area contributed by atoms with Gasteiger partial charge in [0.05, 0.1) is 28.8 Å². The van der Waals surface area contributed by atoms with Crippen LogP contribution in [0.25, 0.3) is 16.7 Å². The van der Waals surface area contributed by atoms with E-state index in [0.717, 1.165) is 19.3 Å². The maximum absolute atomic E-state index is 13.0. The van der Waals surface area contributed by atoms with Crippen LogP contribution in [0.15, 0.2) is 58.5 Å². The van der Waals surface area contributed by atoms with E-state index in [4.69, 9.17) is 4.74 Å². The van der Waals surface area contributed by atoms with Crippen LogP contribution in [0.1, 0.15) is 43.5 Å². The number of fused-ring (bicyclic) bond motifs is 3. The number of benzene rings is 2. The fraction of sp³-hybridized carbons (Fsp3) is 0.320. The van der Waals surface area contributed by atoms with E-state index in [1.807, 2.05) is 29.5 Å². The van der Waals surface area contributed by atoms with Gasteiger partial charge < -0.3 is 10.1 Å². The summed E-state index contributed by atoms with van der Waals surface area (Å²) in [7, 11) is 0. The Hall–Kier alpha value is -3.66. The summed E-state index contributed by atoms with van der Waals surface area (Å²) < 4.78 is 8.60. The lowest BCUT2D eigenvalue weighted by atomic mass is 10.2. The van der Waals surface area contributed by atoms with Gasteiger partial charge in [-0.2, -0.15) is 0 Å². The zero-order valence-corrected chi connectivity index (χ0v) is 20.5. The van der Waals surface area contributed by atoms with E-state index in [9.17, 15) is 14.4 Å². The first-order valence-electron chi connectivity index (χ1n) is 11.6. The first-order chi connectivity index (χ1) is 17.0. The number of ether oxygens (including phenoxy) is 1. The number of carbonyl (C=O) groups is 2. The van der Waals surface area contributed by atoms with Crippen LogP contribution in [0.3, 0.4) is 0 Å². The first kappa shape index (κ1) is 24.5. The lowest BCUT2D eigenvalue weighted by molar-refractivity contribution is -0.113. The Kier molecular flexibility index (Phi) is 7.81. The van der Waals surface area contributed by atoms with Crippen LogP contribution in [0.4, 0.5) is 5.69 Å². The number of para-hydroxylation sites is 1. The summed E-state index contributed by atoms with van der Waals surface area (Å²) in [5, 5.41) is 12.5. The molecule has 35 heavy (non-hydrogen) atoms. The summed E-state index contributed by atoms with van der Waals surface area (Å²) in [6, 6.07) is 13.9. The Morgan fingerprint density at radius 2 is 1.80 bits per heavy atom. The molecule has 0 aliphatic heterocycles. The third-order valence-electron chi connectivity index (χ3n) is 5.39. The number of amides is 1. The third-order valence-corrected chi connectivity index (χ3v) is 6.32. The minimum absolute atomic E-state index is 0.0923. The van der Waals surface area contributed by atoms with Gasteiger partial charge in [-0.25, -0.2) is 4.79 Å². The van der Waals surface area contributed by atoms with Gasteiger partial charge in [0.15, 0.2) is 5.16 Å². The summed E-state index contributed by atoms with van der Waals surface area (Å²) in [6.07, 6.45) is 2.55. The molecule has 4 rings (SSSR count). The molecule has 0 bridgehead atoms. The van der Waals surface area contributed by atoms with Crippen molar-refractivity contribution in [1.82, 2.24) is 19.2 Å². The largest absolute Gasteiger partial charge is 0.462 e. The molecule has 0 saturated heterocycles. The molecule has 0 spiro atoms. The highest BCUT2D eigenvalue weighted by atomic mass is 32.2. The maximum atomic E-state index is 13.0. The summed E-state index contributed by atoms with van der Waals surface area (Å²) in [6.45, 7) is 4.92. The zero-order chi connectivity index (χ0) is 24.8. The van der Waals surface area contributed by atoms with Crippen molar-refractivity contribution in [1.29, 1.82) is 0 Å². The summed E-state index contributed by atoms with van der Waals surface area (Å²) in [4.78, 5) is 37.5. The normalized spacial score (nSPS) is 11.1. The van der Waals surface area contributed by atoms with Crippen molar-refractivity contribution < 1.29 is 14.3 Å². The van der Waals surface area contributed by atoms with Gasteiger partial charge in [-0.3, -0.25) is 18.6 Å². The Bertz CT molecular complexity index is 1410. The lowest BCUT2D eigenvalue weighted by Crippen LogP contribution is -2.23. The number of aryl methyl sites for hydroxylation is 1. The Labute approximate surface area is 206 Å². The van der Waals surface area contributed by atoms with E-state index in [2.05, 4.69) is 22.4 Å². The quantitative estimate of drug-likeness (QED) is 0.261. The van der Waals surface area contributed by atoms with Crippen molar-refractivity contribution in [2.75, 3.05) is 17.7 Å². The Morgan fingerprint density at radius 1 is 1.03 bits per heavy atom. The van der Waals surface area contributed by atoms with E-state index in [-0.39, 0.29) is 23.2 Å². The number of hydrogen-bond donors (Lipinski definition) is 1. The number of aromatic nitrogens is 4. The fourth-order valence-electron chi connectivity index (χ4n) is 3.64. The topological polar surface area (TPSA) is 108 Å². The number of carbonyl (C=O) groups excluding carboxylic acids is 2. The minimum atomic E-state index is -0.386. The highest BCUT2D eigenvalue weighted by Gasteiger charge is 2.17. The Morgan fingerprint density at radius 3 is 2.54 bits per heavy atom. The molecule has 0 aliphatic rings. The number of nitrogens with zero attached hydrogens (tertiary/aromatic N) is 4. The molecule has 0 atom stereocenters. The van der Waals surface area contributed by atoms with Gasteiger partial charge in [0, 0.05) is 12.2 Å². The molecule has 4 aromatic rings. The molecule has 2 aromatic carbocycles. The second-order valence-corrected chi connectivity index (χ2v) is 8.94. The van der Waals surface area contributed by atoms with Crippen molar-refractivity contribution in [3.8, 4) is 0 Å². The van der Waals surface area contributed by atoms with Gasteiger partial charge in [0.25, 0.3) is 5.56 Å². The van der Waals surface area contributed by atoms with Crippen molar-refractivity contribution in [3.63, 3.8) is 0 Å². The number of esters is 1. The number of thioether (sulfide) groups is 1. The second-order valence-electron chi connectivity index (χ2n) is 8.00. The highest BCUT2D eigenvalue weighted by Crippen LogP contribution is 2.22. The van der Waals surface area contributed by atoms with Crippen molar-refractivity contribution >= 4 is 46.0 Å². The van der Waals surface area contributed by atoms with Gasteiger partial charge in [-0.05, 0) is 49.2 Å². The van der Waals surface area contributed by atoms with Crippen molar-refractivity contribution in [3.05, 3.63) is 64.4 Å². The van der Waals surface area contributed by atoms with Crippen LogP contribution >= 0.6 is 11.8 Å². The molecule has 1 amide bonds. The van der Waals surface area contributed by atoms with Gasteiger partial charge in [0.1, 0.15) is 0 Å². The molecule has 9 nitrogen and oxygen atoms in total. The van der Waals surface area contributed by atoms with E-state index in [0.29, 0.717) is 46.2 Å². The fourth-order valence-corrected chi connectivity index (χ4v) is 4.38. The van der Waals surface area contributed by atoms with Crippen LogP contribution in [-0.2, 0) is 16.1 Å². The van der Waals surface area contributed by atoms with Gasteiger partial charge in [-0.15, -0.1) is 10.2 Å². The van der Waals surface area contributed by atoms with E-state index in [1.54, 1.807) is 34.9 Å². The molecule has 0 saturated carbocycles. The number of rotatable bonds is 10. The second kappa shape index (κ2) is 11.2. The van der Waals surface area contributed by atoms with Gasteiger partial charge in [0.2, 0.25) is 11.7 Å². The molecule has 10 heteroatoms. The Balaban J connectivity index is 1.50. The highest BCUT2D eigenvalue weighted by molar-refractivity contribution is 7.99. The molecule has 0 aliphatic carbocycles. The molecular weight excluding hydrogens is 466 g/mol. The van der Waals surface area contributed by atoms with Gasteiger partial charge in [-0.1, -0.05) is 44.2 Å². The standard InChI is InChI=1S/C25H27N5O4S/c1-3-5-14-29-22(32)19-8-6-7-9-20(19)30-24(29)27-28-25(30)35-16-21(31)26-18-12-10-17(11-13-18)23(33)34-15-4-2/h6-13H,3-5,14-16H2,1-2H3,(H,26,31). The molecule has 1 N–H and O–H groups in total. The predicted molar refractivity (Wildman–Crippen MR) is 136 cm³/mol. The molecule has 2 aromatic heterocycles. The zero-order valence-electron chi connectivity index (χ0n) is 19.7. The van der Waals surface area contributed by atoms with E-state index < -0.39 is 0 Å². The van der Waals surface area contributed by atoms with Crippen molar-refractivity contribution in [2.24, 2.45) is 0 Å². The van der Waals surface area contributed by atoms with Crippen molar-refractivity contribution in [2.45, 2.75) is 44.8 Å². The smallest absolute Gasteiger partial charge is 0.338 e. The molecule has 2 heterocycles. The minimum Gasteiger partial charge on any atom is -0.462 e. The third kappa shape index (κ3) is 5.37. The molecule has 0 radical (unpaired) electrons. The van der Waals surface area contributed by atoms with Crippen LogP contribution in [0.2, 0.25) is 0 Å². The average Bonchev–Trinajstić information content (AvgIpc) is 3.30. The average molecular weight is 494 g/mol. The van der Waals surface area contributed by atoms with E-state index in [1.165, 1.54) is 11.8 Å². The maximum Gasteiger partial charge on any atom is 0.338 e. The molecular formula is C25H27N5O4S. The summed E-state index contributed by atoms with van der Waals surface area (Å²) >= 11 is 1.24. The number of anilines is 1. The summed E-state index contributed by atoms with van der Waals surface area (Å²) in [5.41, 5.74) is 1.62. The first-order valence-corrected chi connectivity index (χ1v) is 12.6. The molecule has 0 fully saturated rings. The number of nitrogens with one attached hydrogen (secondary N) is 1. The van der Waals surface area contributed by atoms with Crippen LogP contribution in [-0.4, -0.2) is 43.4 Å². The van der Waals surface area contributed by atoms with Crippen LogP contribution in [0.5, 0.6) is 0 Å². The number of hydrogen-bond acceptors (Lipinski definition) is 7. The van der Waals surface area contributed by atoms with E-state index >= 15 is 0 Å². The van der Waals surface area contributed by atoms with Crippen LogP contribution in [0, 0.1) is 0 Å². The summed E-state index contributed by atoms with van der Waals surface area (Å²) in [5.74, 6) is -0.0420. The van der Waals surface area contributed by atoms with Gasteiger partial charge >= 0.3 is 5.97 Å². The molecule has 182 valence electrons. The number of unbranched alkanes of at least 4 members (excludes halogenated alkanes) is 1. The lowest BCUT2D eigenvalue weighted by Gasteiger charge is -2.11. The molecule has 0 unspecified atom stereocenters. The van der Waals surface area contributed by atoms with Crippen LogP contribution < -0.4 is 10.9 Å².